The van der Waals surface area contributed by atoms with Gasteiger partial charge < -0.3 is 79.1 Å². The minimum absolute atomic E-state index is 0.0240. The first kappa shape index (κ1) is 50.0. The Morgan fingerprint density at radius 2 is 1.35 bits per heavy atom. The van der Waals surface area contributed by atoms with Crippen molar-refractivity contribution in [2.45, 2.75) is 211 Å². The quantitative estimate of drug-likeness (QED) is 0.0900. The van der Waals surface area contributed by atoms with Crippen LogP contribution in [0.2, 0.25) is 0 Å². The van der Waals surface area contributed by atoms with Gasteiger partial charge in [0.15, 0.2) is 25.0 Å². The van der Waals surface area contributed by atoms with Gasteiger partial charge in [-0.2, -0.15) is 0 Å². The summed E-state index contributed by atoms with van der Waals surface area (Å²) in [6.07, 6.45) is -13.0. The third-order valence-electron chi connectivity index (χ3n) is 19.3. The van der Waals surface area contributed by atoms with E-state index < -0.39 is 110 Å². The predicted octanol–water partition coefficient (Wildman–Crippen LogP) is 1.43. The summed E-state index contributed by atoms with van der Waals surface area (Å²) in [5, 5.41) is 98.9. The maximum atomic E-state index is 13.0. The van der Waals surface area contributed by atoms with Gasteiger partial charge in [-0.1, -0.05) is 60.1 Å². The van der Waals surface area contributed by atoms with Crippen LogP contribution in [-0.2, 0) is 38.0 Å². The second kappa shape index (κ2) is 17.5. The summed E-state index contributed by atoms with van der Waals surface area (Å²) in [6.45, 7) is 16.7. The molecule has 8 aliphatic rings. The number of fused-ring (bicyclic) bond motifs is 7. The maximum Gasteiger partial charge on any atom is 0.337 e. The van der Waals surface area contributed by atoms with Gasteiger partial charge in [0.2, 0.25) is 0 Å². The first-order valence-electron chi connectivity index (χ1n) is 24.0. The number of aliphatic hydroxyl groups is 9. The highest BCUT2D eigenvalue weighted by molar-refractivity contribution is 5.75. The zero-order valence-electron chi connectivity index (χ0n) is 39.6. The van der Waals surface area contributed by atoms with Gasteiger partial charge in [-0.3, -0.25) is 0 Å². The molecule has 7 fully saturated rings. The third-order valence-corrected chi connectivity index (χ3v) is 19.3. The van der Waals surface area contributed by atoms with Crippen molar-refractivity contribution in [2.24, 2.45) is 50.2 Å². The van der Waals surface area contributed by atoms with E-state index in [2.05, 4.69) is 47.6 Å². The van der Waals surface area contributed by atoms with Crippen LogP contribution in [0.3, 0.4) is 0 Å². The van der Waals surface area contributed by atoms with Crippen LogP contribution in [0.1, 0.15) is 113 Å². The second-order valence-electron chi connectivity index (χ2n) is 23.3. The Labute approximate surface area is 382 Å². The first-order chi connectivity index (χ1) is 30.4. The minimum atomic E-state index is -1.88. The number of methoxy groups -OCH3 is 1. The van der Waals surface area contributed by atoms with Gasteiger partial charge in [-0.15, -0.1) is 0 Å². The normalized spacial score (nSPS) is 55.2. The van der Waals surface area contributed by atoms with E-state index in [9.17, 15) is 50.8 Å². The number of hydrogen-bond donors (Lipinski definition) is 9. The van der Waals surface area contributed by atoms with E-state index in [4.69, 9.17) is 33.2 Å². The molecule has 0 aromatic rings. The molecule has 0 aromatic heterocycles. The highest BCUT2D eigenvalue weighted by Crippen LogP contribution is 2.76. The molecule has 0 spiro atoms. The molecule has 8 rings (SSSR count). The molecule has 4 saturated carbocycles. The Morgan fingerprint density at radius 3 is 2.02 bits per heavy atom. The van der Waals surface area contributed by atoms with Gasteiger partial charge in [0.1, 0.15) is 54.9 Å². The lowest BCUT2D eigenvalue weighted by molar-refractivity contribution is -0.363. The summed E-state index contributed by atoms with van der Waals surface area (Å²) in [5.41, 5.74) is 0.191. The lowest BCUT2D eigenvalue weighted by atomic mass is 9.33. The van der Waals surface area contributed by atoms with Crippen molar-refractivity contribution in [3.63, 3.8) is 0 Å². The number of allylic oxidation sites excluding steroid dienone is 2. The van der Waals surface area contributed by atoms with Crippen LogP contribution >= 0.6 is 0 Å². The molecule has 3 aliphatic heterocycles. The smallest absolute Gasteiger partial charge is 0.337 e. The number of carbonyl (C=O) groups excluding carboxylic acids is 1. The Morgan fingerprint density at radius 1 is 0.692 bits per heavy atom. The monoisotopic (exact) mass is 927 g/mol. The summed E-state index contributed by atoms with van der Waals surface area (Å²) in [6, 6.07) is 0. The summed E-state index contributed by atoms with van der Waals surface area (Å²) in [7, 11) is 1.11. The molecule has 17 nitrogen and oxygen atoms in total. The van der Waals surface area contributed by atoms with Crippen LogP contribution in [0.25, 0.3) is 0 Å². The Balaban J connectivity index is 1.07. The van der Waals surface area contributed by atoms with E-state index in [1.165, 1.54) is 12.5 Å². The molecule has 9 N–H and O–H groups in total. The zero-order valence-corrected chi connectivity index (χ0v) is 39.6. The number of carbonyl (C=O) groups is 1. The molecule has 3 heterocycles. The number of ether oxygens (including phenoxy) is 7. The van der Waals surface area contributed by atoms with E-state index in [0.29, 0.717) is 12.3 Å². The van der Waals surface area contributed by atoms with Gasteiger partial charge in [0, 0.05) is 10.8 Å². The standard InChI is InChI=1S/C48H78O17/c1-22-30(52)32(54)35(57)40(60-22)64-37-31(53)25(20-49)61-41(37)65-38-34(56)33(55)36(39(58)59-9)63-42(38)62-29-13-14-45(5)26(46(29,6)21-50)12-15-48(8)27(45)11-10-23-24-18-43(2,3)19-28(51)44(24,4)16-17-47(23,48)7/h10,22,24-38,40-42,49-57H,11-21H2,1-9H3. The van der Waals surface area contributed by atoms with E-state index >= 15 is 0 Å². The molecule has 3 saturated heterocycles. The lowest BCUT2D eigenvalue weighted by Crippen LogP contribution is -2.67. The van der Waals surface area contributed by atoms with E-state index in [-0.39, 0.29) is 51.6 Å². The Bertz CT molecular complexity index is 1780. The first-order valence-corrected chi connectivity index (χ1v) is 24.0. The topological polar surface area (TPSA) is 264 Å². The highest BCUT2D eigenvalue weighted by Gasteiger charge is 2.70. The lowest BCUT2D eigenvalue weighted by Gasteiger charge is -2.72. The molecule has 0 aromatic carbocycles. The molecular formula is C48H78O17. The van der Waals surface area contributed by atoms with Crippen molar-refractivity contribution in [1.82, 2.24) is 0 Å². The van der Waals surface area contributed by atoms with E-state index in [1.807, 2.05) is 6.92 Å². The van der Waals surface area contributed by atoms with Gasteiger partial charge in [-0.25, -0.2) is 4.79 Å². The SMILES string of the molecule is COC(=O)C1OC(OC2CCC3(C)C(CCC4(C)C3CC=C3C5CC(C)(C)CC(O)C5(C)CCC34C)C2(C)CO)C(OC2OC(CO)C(O)C2OC2OC(C)C(O)C(O)C2O)C(O)C1O. The molecule has 24 unspecified atom stereocenters. The second-order valence-corrected chi connectivity index (χ2v) is 23.3. The fraction of sp³-hybridized carbons (Fsp3) is 0.938. The van der Waals surface area contributed by atoms with Crippen LogP contribution in [-0.4, -0.2) is 170 Å². The fourth-order valence-corrected chi connectivity index (χ4v) is 15.0. The van der Waals surface area contributed by atoms with Gasteiger partial charge in [0.25, 0.3) is 0 Å². The van der Waals surface area contributed by atoms with Gasteiger partial charge in [0.05, 0.1) is 38.6 Å². The van der Waals surface area contributed by atoms with Crippen molar-refractivity contribution >= 4 is 5.97 Å². The van der Waals surface area contributed by atoms with E-state index in [1.54, 1.807) is 0 Å². The summed E-state index contributed by atoms with van der Waals surface area (Å²) in [4.78, 5) is 13.0. The van der Waals surface area contributed by atoms with E-state index in [0.717, 1.165) is 58.5 Å². The predicted molar refractivity (Wildman–Crippen MR) is 229 cm³/mol. The summed E-state index contributed by atoms with van der Waals surface area (Å²) >= 11 is 0. The number of hydrogen-bond acceptors (Lipinski definition) is 17. The molecule has 65 heavy (non-hydrogen) atoms. The molecule has 0 bridgehead atoms. The van der Waals surface area contributed by atoms with Crippen LogP contribution < -0.4 is 0 Å². The van der Waals surface area contributed by atoms with Crippen LogP contribution in [0.5, 0.6) is 0 Å². The molecule has 0 radical (unpaired) electrons. The van der Waals surface area contributed by atoms with Crippen molar-refractivity contribution in [1.29, 1.82) is 0 Å². The number of aliphatic hydroxyl groups excluding tert-OH is 9. The van der Waals surface area contributed by atoms with Gasteiger partial charge in [-0.05, 0) is 104 Å². The van der Waals surface area contributed by atoms with Crippen molar-refractivity contribution in [3.8, 4) is 0 Å². The molecule has 24 atom stereocenters. The number of rotatable bonds is 9. The maximum absolute atomic E-state index is 13.0. The van der Waals surface area contributed by atoms with Crippen molar-refractivity contribution in [3.05, 3.63) is 11.6 Å². The highest BCUT2D eigenvalue weighted by atomic mass is 16.8. The fourth-order valence-electron chi connectivity index (χ4n) is 15.0. The largest absolute Gasteiger partial charge is 0.467 e. The average Bonchev–Trinajstić information content (AvgIpc) is 3.55. The molecule has 0 amide bonds. The molecule has 17 heteroatoms. The molecular weight excluding hydrogens is 849 g/mol. The molecule has 5 aliphatic carbocycles. The van der Waals surface area contributed by atoms with Crippen LogP contribution in [0.4, 0.5) is 0 Å². The number of esters is 1. The van der Waals surface area contributed by atoms with Crippen molar-refractivity contribution in [2.75, 3.05) is 20.3 Å². The van der Waals surface area contributed by atoms with Gasteiger partial charge >= 0.3 is 5.97 Å². The summed E-state index contributed by atoms with van der Waals surface area (Å²) < 4.78 is 41.6. The van der Waals surface area contributed by atoms with Crippen LogP contribution in [0, 0.1) is 50.2 Å². The Hall–Kier alpha value is -1.39. The zero-order chi connectivity index (χ0) is 47.6. The Kier molecular flexibility index (Phi) is 13.4. The average molecular weight is 927 g/mol. The van der Waals surface area contributed by atoms with Crippen molar-refractivity contribution < 1.29 is 83.9 Å². The minimum Gasteiger partial charge on any atom is -0.467 e. The molecule has 372 valence electrons. The summed E-state index contributed by atoms with van der Waals surface area (Å²) in [5.74, 6) is -0.416. The van der Waals surface area contributed by atoms with Crippen LogP contribution in [0.15, 0.2) is 11.6 Å². The third kappa shape index (κ3) is 7.72.